The molecule has 2 saturated heterocycles. The van der Waals surface area contributed by atoms with Crippen LogP contribution in [-0.4, -0.2) is 59.1 Å². The summed E-state index contributed by atoms with van der Waals surface area (Å²) in [5, 5.41) is 0. The fourth-order valence-corrected chi connectivity index (χ4v) is 3.61. The largest absolute Gasteiger partial charge is 0.373 e. The van der Waals surface area contributed by atoms with Crippen LogP contribution in [0.3, 0.4) is 0 Å². The molecule has 4 rings (SSSR count). The zero-order chi connectivity index (χ0) is 16.4. The summed E-state index contributed by atoms with van der Waals surface area (Å²) in [6, 6.07) is 13.9. The molecule has 1 aromatic carbocycles. The van der Waals surface area contributed by atoms with Crippen molar-refractivity contribution >= 4 is 5.91 Å². The molecule has 2 aliphatic heterocycles. The molecule has 0 N–H and O–H groups in total. The second-order valence-electron chi connectivity index (χ2n) is 6.38. The lowest BCUT2D eigenvalue weighted by Gasteiger charge is -2.36. The lowest BCUT2D eigenvalue weighted by molar-refractivity contribution is -0.0503. The normalized spacial score (nSPS) is 23.9. The fourth-order valence-electron chi connectivity index (χ4n) is 3.61. The topological polar surface area (TPSA) is 45.7 Å². The quantitative estimate of drug-likeness (QED) is 0.864. The Balaban J connectivity index is 1.47. The van der Waals surface area contributed by atoms with Gasteiger partial charge in [-0.25, -0.2) is 0 Å². The number of aromatic nitrogens is 1. The van der Waals surface area contributed by atoms with Crippen molar-refractivity contribution in [2.24, 2.45) is 0 Å². The van der Waals surface area contributed by atoms with Crippen molar-refractivity contribution in [1.29, 1.82) is 0 Å². The van der Waals surface area contributed by atoms with Gasteiger partial charge in [0.15, 0.2) is 0 Å². The number of morpholine rings is 1. The van der Waals surface area contributed by atoms with E-state index in [1.807, 2.05) is 59.8 Å². The number of hydrogen-bond acceptors (Lipinski definition) is 4. The molecule has 5 nitrogen and oxygen atoms in total. The summed E-state index contributed by atoms with van der Waals surface area (Å²) >= 11 is 0. The minimum absolute atomic E-state index is 0.0949. The summed E-state index contributed by atoms with van der Waals surface area (Å²) in [5.41, 5.74) is 2.00. The minimum atomic E-state index is 0.0949. The van der Waals surface area contributed by atoms with E-state index in [0.29, 0.717) is 6.54 Å². The number of fused-ring (bicyclic) bond motifs is 1. The fraction of sp³-hybridized carbons (Fsp3) is 0.368. The molecule has 1 aromatic heterocycles. The molecule has 5 heteroatoms. The van der Waals surface area contributed by atoms with Gasteiger partial charge in [-0.15, -0.1) is 0 Å². The summed E-state index contributed by atoms with van der Waals surface area (Å²) in [5.74, 6) is 0.0949. The first-order chi connectivity index (χ1) is 11.8. The molecular weight excluding hydrogens is 302 g/mol. The summed E-state index contributed by atoms with van der Waals surface area (Å²) in [4.78, 5) is 21.1. The van der Waals surface area contributed by atoms with Gasteiger partial charge in [-0.1, -0.05) is 18.2 Å². The monoisotopic (exact) mass is 323 g/mol. The van der Waals surface area contributed by atoms with E-state index in [1.165, 1.54) is 5.56 Å². The van der Waals surface area contributed by atoms with E-state index in [-0.39, 0.29) is 18.1 Å². The number of rotatable bonds is 3. The SMILES string of the molecule is O=C(c1ccccc1)N1C[C@@H]2OCCN(Cc3ccncc3)[C@@H]2C1. The first-order valence-electron chi connectivity index (χ1n) is 8.40. The molecular formula is C19H21N3O2. The van der Waals surface area contributed by atoms with Crippen LogP contribution in [0, 0.1) is 0 Å². The highest BCUT2D eigenvalue weighted by molar-refractivity contribution is 5.94. The lowest BCUT2D eigenvalue weighted by Crippen LogP contribution is -2.50. The summed E-state index contributed by atoms with van der Waals surface area (Å²) in [6.07, 6.45) is 3.76. The molecule has 2 aromatic rings. The zero-order valence-electron chi connectivity index (χ0n) is 13.5. The van der Waals surface area contributed by atoms with E-state index in [0.717, 1.165) is 31.8 Å². The van der Waals surface area contributed by atoms with Crippen LogP contribution >= 0.6 is 0 Å². The van der Waals surface area contributed by atoms with Crippen molar-refractivity contribution in [1.82, 2.24) is 14.8 Å². The lowest BCUT2D eigenvalue weighted by atomic mass is 10.1. The van der Waals surface area contributed by atoms with Crippen LogP contribution in [0.4, 0.5) is 0 Å². The molecule has 3 heterocycles. The number of nitrogens with zero attached hydrogens (tertiary/aromatic N) is 3. The Morgan fingerprint density at radius 1 is 1.12 bits per heavy atom. The minimum Gasteiger partial charge on any atom is -0.373 e. The molecule has 0 unspecified atom stereocenters. The second-order valence-corrected chi connectivity index (χ2v) is 6.38. The van der Waals surface area contributed by atoms with E-state index in [2.05, 4.69) is 9.88 Å². The average molecular weight is 323 g/mol. The third-order valence-corrected chi connectivity index (χ3v) is 4.86. The van der Waals surface area contributed by atoms with Gasteiger partial charge < -0.3 is 9.64 Å². The van der Waals surface area contributed by atoms with Crippen LogP contribution in [0.1, 0.15) is 15.9 Å². The molecule has 2 fully saturated rings. The molecule has 2 atom stereocenters. The van der Waals surface area contributed by atoms with Crippen molar-refractivity contribution in [3.63, 3.8) is 0 Å². The van der Waals surface area contributed by atoms with Crippen molar-refractivity contribution < 1.29 is 9.53 Å². The van der Waals surface area contributed by atoms with E-state index >= 15 is 0 Å². The molecule has 0 spiro atoms. The van der Waals surface area contributed by atoms with Gasteiger partial charge in [0.1, 0.15) is 0 Å². The Hall–Kier alpha value is -2.24. The van der Waals surface area contributed by atoms with Gasteiger partial charge in [0, 0.05) is 44.1 Å². The first kappa shape index (κ1) is 15.3. The Bertz CT molecular complexity index is 692. The van der Waals surface area contributed by atoms with E-state index in [1.54, 1.807) is 0 Å². The van der Waals surface area contributed by atoms with E-state index < -0.39 is 0 Å². The number of likely N-dealkylation sites (tertiary alicyclic amines) is 1. The van der Waals surface area contributed by atoms with Gasteiger partial charge in [0.05, 0.1) is 18.8 Å². The highest BCUT2D eigenvalue weighted by atomic mass is 16.5. The number of carbonyl (C=O) groups excluding carboxylic acids is 1. The van der Waals surface area contributed by atoms with Crippen LogP contribution in [0.15, 0.2) is 54.9 Å². The maximum atomic E-state index is 12.7. The third-order valence-electron chi connectivity index (χ3n) is 4.86. The van der Waals surface area contributed by atoms with Crippen molar-refractivity contribution in [2.75, 3.05) is 26.2 Å². The average Bonchev–Trinajstić information content (AvgIpc) is 3.08. The van der Waals surface area contributed by atoms with Crippen LogP contribution in [0.25, 0.3) is 0 Å². The van der Waals surface area contributed by atoms with Crippen LogP contribution in [0.5, 0.6) is 0 Å². The van der Waals surface area contributed by atoms with Crippen LogP contribution in [-0.2, 0) is 11.3 Å². The van der Waals surface area contributed by atoms with Crippen LogP contribution in [0.2, 0.25) is 0 Å². The molecule has 0 aliphatic carbocycles. The molecule has 0 saturated carbocycles. The smallest absolute Gasteiger partial charge is 0.253 e. The van der Waals surface area contributed by atoms with Gasteiger partial charge in [-0.05, 0) is 29.8 Å². The Kier molecular flexibility index (Phi) is 4.28. The standard InChI is InChI=1S/C19H21N3O2/c23-19(16-4-2-1-3-5-16)22-13-17-18(14-22)24-11-10-21(17)12-15-6-8-20-9-7-15/h1-9,17-18H,10-14H2/t17-,18+/m1/s1. The first-order valence-corrected chi connectivity index (χ1v) is 8.40. The van der Waals surface area contributed by atoms with Gasteiger partial charge in [-0.3, -0.25) is 14.7 Å². The molecule has 1 amide bonds. The number of benzene rings is 1. The van der Waals surface area contributed by atoms with Crippen molar-refractivity contribution in [2.45, 2.75) is 18.7 Å². The predicted octanol–water partition coefficient (Wildman–Crippen LogP) is 1.81. The molecule has 2 aliphatic rings. The van der Waals surface area contributed by atoms with Crippen molar-refractivity contribution in [3.05, 3.63) is 66.0 Å². The molecule has 24 heavy (non-hydrogen) atoms. The second kappa shape index (κ2) is 6.71. The highest BCUT2D eigenvalue weighted by Crippen LogP contribution is 2.25. The summed E-state index contributed by atoms with van der Waals surface area (Å²) in [6.45, 7) is 3.89. The predicted molar refractivity (Wildman–Crippen MR) is 90.5 cm³/mol. The van der Waals surface area contributed by atoms with Gasteiger partial charge >= 0.3 is 0 Å². The summed E-state index contributed by atoms with van der Waals surface area (Å²) < 4.78 is 5.94. The summed E-state index contributed by atoms with van der Waals surface area (Å²) in [7, 11) is 0. The van der Waals surface area contributed by atoms with E-state index in [4.69, 9.17) is 4.74 Å². The zero-order valence-corrected chi connectivity index (χ0v) is 13.5. The Labute approximate surface area is 141 Å². The maximum absolute atomic E-state index is 12.7. The van der Waals surface area contributed by atoms with Crippen molar-refractivity contribution in [3.8, 4) is 0 Å². The molecule has 0 radical (unpaired) electrons. The highest BCUT2D eigenvalue weighted by Gasteiger charge is 2.41. The van der Waals surface area contributed by atoms with Crippen LogP contribution < -0.4 is 0 Å². The Morgan fingerprint density at radius 2 is 1.92 bits per heavy atom. The third kappa shape index (κ3) is 3.05. The molecule has 0 bridgehead atoms. The number of hydrogen-bond donors (Lipinski definition) is 0. The van der Waals surface area contributed by atoms with Gasteiger partial charge in [0.25, 0.3) is 5.91 Å². The van der Waals surface area contributed by atoms with E-state index in [9.17, 15) is 4.79 Å². The number of carbonyl (C=O) groups is 1. The number of amides is 1. The number of pyridine rings is 1. The maximum Gasteiger partial charge on any atom is 0.253 e. The molecule has 124 valence electrons. The Morgan fingerprint density at radius 3 is 2.71 bits per heavy atom. The van der Waals surface area contributed by atoms with Gasteiger partial charge in [-0.2, -0.15) is 0 Å². The number of ether oxygens (including phenoxy) is 1. The van der Waals surface area contributed by atoms with Gasteiger partial charge in [0.2, 0.25) is 0 Å².